The highest BCUT2D eigenvalue weighted by Gasteiger charge is 2.48. The van der Waals surface area contributed by atoms with Crippen molar-refractivity contribution in [1.29, 1.82) is 0 Å². The van der Waals surface area contributed by atoms with Crippen molar-refractivity contribution in [1.82, 2.24) is 0 Å². The molecule has 0 saturated heterocycles. The van der Waals surface area contributed by atoms with E-state index in [4.69, 9.17) is 0 Å². The second kappa shape index (κ2) is 10.2. The lowest BCUT2D eigenvalue weighted by Crippen LogP contribution is -2.23. The highest BCUT2D eigenvalue weighted by atomic mass is 14.5. The molecule has 0 aliphatic heterocycles. The van der Waals surface area contributed by atoms with Crippen LogP contribution in [0.15, 0.2) is 152 Å². The van der Waals surface area contributed by atoms with Gasteiger partial charge >= 0.3 is 0 Å². The lowest BCUT2D eigenvalue weighted by molar-refractivity contribution is 0.626. The Balaban J connectivity index is 1.19. The van der Waals surface area contributed by atoms with Crippen LogP contribution in [0, 0.1) is 6.92 Å². The van der Waals surface area contributed by atoms with Gasteiger partial charge in [-0.05, 0) is 131 Å². The minimum atomic E-state index is -0.116. The van der Waals surface area contributed by atoms with Crippen LogP contribution >= 0.6 is 0 Å². The summed E-state index contributed by atoms with van der Waals surface area (Å²) < 4.78 is 0. The molecule has 1 atom stereocenters. The summed E-state index contributed by atoms with van der Waals surface area (Å²) in [5, 5.41) is 5.24. The van der Waals surface area contributed by atoms with Gasteiger partial charge < -0.3 is 0 Å². The zero-order valence-corrected chi connectivity index (χ0v) is 29.3. The molecule has 0 amide bonds. The number of hydrogen-bond donors (Lipinski definition) is 0. The minimum absolute atomic E-state index is 0.0144. The van der Waals surface area contributed by atoms with Gasteiger partial charge in [0.15, 0.2) is 0 Å². The maximum absolute atomic E-state index is 2.56. The van der Waals surface area contributed by atoms with Crippen molar-refractivity contribution in [3.05, 3.63) is 191 Å². The topological polar surface area (TPSA) is 0 Å². The average molecular weight is 651 g/mol. The Labute approximate surface area is 300 Å². The second-order valence-electron chi connectivity index (χ2n) is 15.6. The summed E-state index contributed by atoms with van der Waals surface area (Å²) in [6.07, 6.45) is 2.22. The third-order valence-electron chi connectivity index (χ3n) is 12.7. The first-order valence-corrected chi connectivity index (χ1v) is 18.5. The summed E-state index contributed by atoms with van der Waals surface area (Å²) in [4.78, 5) is 0. The highest BCUT2D eigenvalue weighted by molar-refractivity contribution is 6.22. The molecule has 0 radical (unpaired) electrons. The number of rotatable bonds is 2. The summed E-state index contributed by atoms with van der Waals surface area (Å²) in [6, 6.07) is 58.1. The van der Waals surface area contributed by atoms with Gasteiger partial charge in [0.1, 0.15) is 0 Å². The average Bonchev–Trinajstić information content (AvgIpc) is 3.77. The van der Waals surface area contributed by atoms with E-state index < -0.39 is 0 Å². The molecule has 51 heavy (non-hydrogen) atoms. The lowest BCUT2D eigenvalue weighted by Gasteiger charge is -2.29. The second-order valence-corrected chi connectivity index (χ2v) is 15.6. The summed E-state index contributed by atoms with van der Waals surface area (Å²) in [5.41, 5.74) is 20.6. The molecule has 0 heterocycles. The Morgan fingerprint density at radius 1 is 0.412 bits per heavy atom. The SMILES string of the molecule is Cc1ccc2c(-c3ccc4c(c3)C3(CCc5ccccc53)c3ccccc3-4)c3ccccc3c(-c3ccc4c(c3)-c3ccccc3C4(C)C)c2c1. The van der Waals surface area contributed by atoms with Gasteiger partial charge in [-0.25, -0.2) is 0 Å². The molecule has 0 nitrogen and oxygen atoms in total. The van der Waals surface area contributed by atoms with E-state index in [-0.39, 0.29) is 10.8 Å². The van der Waals surface area contributed by atoms with E-state index in [1.54, 1.807) is 0 Å². The van der Waals surface area contributed by atoms with Crippen molar-refractivity contribution in [2.45, 2.75) is 44.4 Å². The summed E-state index contributed by atoms with van der Waals surface area (Å²) in [5.74, 6) is 0. The first-order valence-electron chi connectivity index (χ1n) is 18.5. The lowest BCUT2D eigenvalue weighted by atomic mass is 9.73. The molecule has 0 saturated carbocycles. The third kappa shape index (κ3) is 3.75. The molecular formula is C51H38. The number of benzene rings is 8. The van der Waals surface area contributed by atoms with Crippen molar-refractivity contribution < 1.29 is 0 Å². The van der Waals surface area contributed by atoms with Crippen molar-refractivity contribution >= 4 is 21.5 Å². The Kier molecular flexibility index (Phi) is 5.80. The van der Waals surface area contributed by atoms with Crippen LogP contribution in [0.25, 0.3) is 66.1 Å². The summed E-state index contributed by atoms with van der Waals surface area (Å²) in [6.45, 7) is 6.96. The van der Waals surface area contributed by atoms with E-state index in [2.05, 4.69) is 172 Å². The Morgan fingerprint density at radius 2 is 0.980 bits per heavy atom. The van der Waals surface area contributed by atoms with Crippen LogP contribution in [0.5, 0.6) is 0 Å². The zero-order valence-electron chi connectivity index (χ0n) is 29.3. The summed E-state index contributed by atoms with van der Waals surface area (Å²) in [7, 11) is 0. The Bertz CT molecular complexity index is 2790. The Hall–Kier alpha value is -5.72. The molecule has 242 valence electrons. The first kappa shape index (κ1) is 29.1. The predicted octanol–water partition coefficient (Wildman–Crippen LogP) is 13.2. The van der Waals surface area contributed by atoms with Crippen LogP contribution in [0.1, 0.15) is 59.2 Å². The van der Waals surface area contributed by atoms with E-state index in [1.807, 2.05) is 0 Å². The van der Waals surface area contributed by atoms with E-state index in [1.165, 1.54) is 105 Å². The van der Waals surface area contributed by atoms with Crippen LogP contribution in [0.2, 0.25) is 0 Å². The molecule has 11 rings (SSSR count). The van der Waals surface area contributed by atoms with Gasteiger partial charge in [0, 0.05) is 10.8 Å². The molecule has 3 aliphatic rings. The molecule has 0 aromatic heterocycles. The van der Waals surface area contributed by atoms with Crippen molar-refractivity contribution in [3.63, 3.8) is 0 Å². The minimum Gasteiger partial charge on any atom is -0.0620 e. The van der Waals surface area contributed by atoms with Gasteiger partial charge in [0.05, 0.1) is 0 Å². The predicted molar refractivity (Wildman–Crippen MR) is 215 cm³/mol. The fraction of sp³-hybridized carbons (Fsp3) is 0.137. The van der Waals surface area contributed by atoms with Crippen LogP contribution in [0.4, 0.5) is 0 Å². The van der Waals surface area contributed by atoms with E-state index in [0.29, 0.717) is 0 Å². The van der Waals surface area contributed by atoms with E-state index in [9.17, 15) is 0 Å². The summed E-state index contributed by atoms with van der Waals surface area (Å²) >= 11 is 0. The van der Waals surface area contributed by atoms with Crippen LogP contribution < -0.4 is 0 Å². The molecule has 1 spiro atoms. The van der Waals surface area contributed by atoms with Crippen LogP contribution in [-0.4, -0.2) is 0 Å². The molecule has 8 aromatic rings. The molecule has 3 aliphatic carbocycles. The molecule has 0 bridgehead atoms. The Morgan fingerprint density at radius 3 is 1.78 bits per heavy atom. The molecular weight excluding hydrogens is 613 g/mol. The smallest absolute Gasteiger partial charge is 0.0469 e. The van der Waals surface area contributed by atoms with Crippen LogP contribution in [-0.2, 0) is 17.3 Å². The fourth-order valence-electron chi connectivity index (χ4n) is 10.5. The van der Waals surface area contributed by atoms with Crippen molar-refractivity contribution in [2.24, 2.45) is 0 Å². The maximum atomic E-state index is 2.56. The molecule has 8 aromatic carbocycles. The molecule has 0 fully saturated rings. The number of hydrogen-bond acceptors (Lipinski definition) is 0. The quantitative estimate of drug-likeness (QED) is 0.163. The normalized spacial score (nSPS) is 17.4. The number of aryl methyl sites for hydroxylation is 2. The first-order chi connectivity index (χ1) is 24.9. The molecule has 1 unspecified atom stereocenters. The van der Waals surface area contributed by atoms with Gasteiger partial charge in [-0.3, -0.25) is 0 Å². The zero-order chi connectivity index (χ0) is 34.1. The standard InChI is InChI=1S/C51H38/c1-31-20-23-40-42(28-31)49(33-22-25-45-41(29-33)36-14-7-10-18-44(36)50(45,2)3)39-16-6-5-15-38(39)48(40)34-21-24-37-35-13-8-11-19-46(35)51(47(37)30-34)27-26-32-12-4-9-17-43(32)51/h4-25,28-30H,26-27H2,1-3H3. The van der Waals surface area contributed by atoms with Gasteiger partial charge in [0.2, 0.25) is 0 Å². The monoisotopic (exact) mass is 650 g/mol. The fourth-order valence-corrected chi connectivity index (χ4v) is 10.5. The number of fused-ring (bicyclic) bond motifs is 12. The molecule has 0 heteroatoms. The largest absolute Gasteiger partial charge is 0.0620 e. The van der Waals surface area contributed by atoms with Crippen LogP contribution in [0.3, 0.4) is 0 Å². The van der Waals surface area contributed by atoms with E-state index in [0.717, 1.165) is 12.8 Å². The third-order valence-corrected chi connectivity index (χ3v) is 12.7. The van der Waals surface area contributed by atoms with E-state index >= 15 is 0 Å². The van der Waals surface area contributed by atoms with Gasteiger partial charge in [-0.2, -0.15) is 0 Å². The van der Waals surface area contributed by atoms with Gasteiger partial charge in [-0.15, -0.1) is 0 Å². The van der Waals surface area contributed by atoms with Crippen molar-refractivity contribution in [2.75, 3.05) is 0 Å². The van der Waals surface area contributed by atoms with Gasteiger partial charge in [0.25, 0.3) is 0 Å². The van der Waals surface area contributed by atoms with Gasteiger partial charge in [-0.1, -0.05) is 159 Å². The van der Waals surface area contributed by atoms with Crippen molar-refractivity contribution in [3.8, 4) is 44.5 Å². The molecule has 0 N–H and O–H groups in total. The highest BCUT2D eigenvalue weighted by Crippen LogP contribution is 2.59. The maximum Gasteiger partial charge on any atom is 0.0469 e.